The molecule has 1 amide bonds. The first-order chi connectivity index (χ1) is 9.83. The predicted octanol–water partition coefficient (Wildman–Crippen LogP) is 0.621. The number of nitrogens with zero attached hydrogens (tertiary/aromatic N) is 3. The molecule has 1 atom stereocenters. The molecule has 0 aliphatic carbocycles. The monoisotopic (exact) mass is 274 g/mol. The summed E-state index contributed by atoms with van der Waals surface area (Å²) in [7, 11) is 0. The van der Waals surface area contributed by atoms with E-state index in [1.807, 2.05) is 24.3 Å². The molecular weight excluding hydrogens is 260 g/mol. The van der Waals surface area contributed by atoms with Crippen LogP contribution in [-0.2, 0) is 14.3 Å². The zero-order valence-corrected chi connectivity index (χ0v) is 10.7. The maximum absolute atomic E-state index is 12.0. The van der Waals surface area contributed by atoms with Crippen molar-refractivity contribution in [3.63, 3.8) is 0 Å². The van der Waals surface area contributed by atoms with E-state index in [0.717, 1.165) is 5.69 Å². The van der Waals surface area contributed by atoms with Gasteiger partial charge < -0.3 is 14.8 Å². The number of hydrogen-bond donors (Lipinski definition) is 1. The van der Waals surface area contributed by atoms with Gasteiger partial charge in [0.15, 0.2) is 6.10 Å². The van der Waals surface area contributed by atoms with E-state index in [-0.39, 0.29) is 12.5 Å². The summed E-state index contributed by atoms with van der Waals surface area (Å²) in [6, 6.07) is 7.41. The molecule has 0 saturated carbocycles. The van der Waals surface area contributed by atoms with Crippen molar-refractivity contribution in [3.05, 3.63) is 36.9 Å². The molecule has 20 heavy (non-hydrogen) atoms. The van der Waals surface area contributed by atoms with Crippen molar-refractivity contribution < 1.29 is 14.3 Å². The van der Waals surface area contributed by atoms with Crippen molar-refractivity contribution in [2.75, 3.05) is 25.1 Å². The third-order valence-electron chi connectivity index (χ3n) is 2.94. The molecule has 7 heteroatoms. The largest absolute Gasteiger partial charge is 0.376 e. The van der Waals surface area contributed by atoms with Gasteiger partial charge in [0.1, 0.15) is 12.7 Å². The van der Waals surface area contributed by atoms with Gasteiger partial charge in [0, 0.05) is 5.69 Å². The fourth-order valence-electron chi connectivity index (χ4n) is 1.94. The lowest BCUT2D eigenvalue weighted by Crippen LogP contribution is -2.39. The number of rotatable bonds is 3. The number of hydrogen-bond acceptors (Lipinski definition) is 5. The van der Waals surface area contributed by atoms with Crippen LogP contribution in [0.15, 0.2) is 36.9 Å². The normalized spacial score (nSPS) is 18.7. The highest BCUT2D eigenvalue weighted by Crippen LogP contribution is 2.15. The van der Waals surface area contributed by atoms with E-state index in [1.165, 1.54) is 0 Å². The second-order valence-corrected chi connectivity index (χ2v) is 4.34. The summed E-state index contributed by atoms with van der Waals surface area (Å²) >= 11 is 0. The number of amides is 1. The van der Waals surface area contributed by atoms with Crippen LogP contribution in [-0.4, -0.2) is 46.6 Å². The summed E-state index contributed by atoms with van der Waals surface area (Å²) in [4.78, 5) is 12.0. The minimum absolute atomic E-state index is 0.203. The van der Waals surface area contributed by atoms with E-state index < -0.39 is 6.10 Å². The molecule has 3 rings (SSSR count). The summed E-state index contributed by atoms with van der Waals surface area (Å²) in [5.41, 5.74) is 1.56. The van der Waals surface area contributed by atoms with Crippen molar-refractivity contribution in [1.82, 2.24) is 14.8 Å². The molecule has 2 heterocycles. The Labute approximate surface area is 115 Å². The molecule has 104 valence electrons. The summed E-state index contributed by atoms with van der Waals surface area (Å²) < 4.78 is 12.3. The fraction of sp³-hybridized carbons (Fsp3) is 0.308. The van der Waals surface area contributed by atoms with E-state index >= 15 is 0 Å². The topological polar surface area (TPSA) is 78.3 Å². The Kier molecular flexibility index (Phi) is 3.71. The zero-order chi connectivity index (χ0) is 13.8. The summed E-state index contributed by atoms with van der Waals surface area (Å²) in [6.45, 7) is 1.27. The van der Waals surface area contributed by atoms with Crippen LogP contribution in [0.2, 0.25) is 0 Å². The Morgan fingerprint density at radius 3 is 2.90 bits per heavy atom. The maximum atomic E-state index is 12.0. The van der Waals surface area contributed by atoms with E-state index in [4.69, 9.17) is 9.47 Å². The predicted molar refractivity (Wildman–Crippen MR) is 70.5 cm³/mol. The second-order valence-electron chi connectivity index (χ2n) is 4.34. The molecule has 0 radical (unpaired) electrons. The molecule has 1 saturated heterocycles. The molecule has 1 fully saturated rings. The Balaban J connectivity index is 1.71. The van der Waals surface area contributed by atoms with Gasteiger partial charge in [-0.2, -0.15) is 0 Å². The van der Waals surface area contributed by atoms with Gasteiger partial charge >= 0.3 is 0 Å². The molecule has 7 nitrogen and oxygen atoms in total. The SMILES string of the molecule is O=C(Nc1cccc(-n2cnnc2)c1)[C@H]1COCCO1. The van der Waals surface area contributed by atoms with Gasteiger partial charge in [-0.05, 0) is 18.2 Å². The summed E-state index contributed by atoms with van der Waals surface area (Å²) in [5, 5.41) is 10.3. The van der Waals surface area contributed by atoms with Crippen molar-refractivity contribution >= 4 is 11.6 Å². The minimum atomic E-state index is -0.553. The number of aromatic nitrogens is 3. The molecular formula is C13H14N4O3. The fourth-order valence-corrected chi connectivity index (χ4v) is 1.94. The number of nitrogens with one attached hydrogen (secondary N) is 1. The molecule has 0 bridgehead atoms. The van der Waals surface area contributed by atoms with E-state index in [2.05, 4.69) is 15.5 Å². The highest BCUT2D eigenvalue weighted by molar-refractivity contribution is 5.94. The van der Waals surface area contributed by atoms with Crippen LogP contribution < -0.4 is 5.32 Å². The molecule has 0 unspecified atom stereocenters. The Morgan fingerprint density at radius 1 is 1.30 bits per heavy atom. The third-order valence-corrected chi connectivity index (χ3v) is 2.94. The lowest BCUT2D eigenvalue weighted by atomic mass is 10.2. The van der Waals surface area contributed by atoms with Crippen LogP contribution in [0.3, 0.4) is 0 Å². The third kappa shape index (κ3) is 2.84. The Hall–Kier alpha value is -2.25. The molecule has 1 aliphatic rings. The smallest absolute Gasteiger partial charge is 0.255 e. The van der Waals surface area contributed by atoms with Gasteiger partial charge in [-0.25, -0.2) is 0 Å². The van der Waals surface area contributed by atoms with E-state index in [0.29, 0.717) is 18.9 Å². The van der Waals surface area contributed by atoms with Crippen molar-refractivity contribution in [3.8, 4) is 5.69 Å². The van der Waals surface area contributed by atoms with Crippen LogP contribution in [0.25, 0.3) is 5.69 Å². The van der Waals surface area contributed by atoms with Crippen LogP contribution in [0, 0.1) is 0 Å². The number of benzene rings is 1. The number of anilines is 1. The van der Waals surface area contributed by atoms with Crippen molar-refractivity contribution in [2.24, 2.45) is 0 Å². The van der Waals surface area contributed by atoms with E-state index in [1.54, 1.807) is 17.2 Å². The van der Waals surface area contributed by atoms with Crippen molar-refractivity contribution in [2.45, 2.75) is 6.10 Å². The van der Waals surface area contributed by atoms with Gasteiger partial charge in [0.2, 0.25) is 0 Å². The van der Waals surface area contributed by atoms with Crippen LogP contribution in [0.1, 0.15) is 0 Å². The van der Waals surface area contributed by atoms with E-state index in [9.17, 15) is 4.79 Å². The minimum Gasteiger partial charge on any atom is -0.376 e. The number of carbonyl (C=O) groups is 1. The zero-order valence-electron chi connectivity index (χ0n) is 10.7. The van der Waals surface area contributed by atoms with Gasteiger partial charge in [-0.15, -0.1) is 10.2 Å². The molecule has 1 aliphatic heterocycles. The van der Waals surface area contributed by atoms with Gasteiger partial charge in [0.05, 0.1) is 25.5 Å². The highest BCUT2D eigenvalue weighted by atomic mass is 16.6. The van der Waals surface area contributed by atoms with Crippen LogP contribution >= 0.6 is 0 Å². The molecule has 1 aromatic carbocycles. The molecule has 1 N–H and O–H groups in total. The molecule has 0 spiro atoms. The first-order valence-corrected chi connectivity index (χ1v) is 6.28. The average molecular weight is 274 g/mol. The molecule has 1 aromatic heterocycles. The number of carbonyl (C=O) groups excluding carboxylic acids is 1. The highest BCUT2D eigenvalue weighted by Gasteiger charge is 2.22. The second kappa shape index (κ2) is 5.81. The Bertz CT molecular complexity index is 579. The summed E-state index contributed by atoms with van der Waals surface area (Å²) in [6.07, 6.45) is 2.64. The first kappa shape index (κ1) is 12.8. The summed E-state index contributed by atoms with van der Waals surface area (Å²) in [5.74, 6) is -0.203. The molecule has 2 aromatic rings. The standard InChI is InChI=1S/C13H14N4O3/c18-13(12-7-19-4-5-20-12)16-10-2-1-3-11(6-10)17-8-14-15-9-17/h1-3,6,8-9,12H,4-5,7H2,(H,16,18)/t12-/m1/s1. The first-order valence-electron chi connectivity index (χ1n) is 6.28. The van der Waals surface area contributed by atoms with Crippen molar-refractivity contribution in [1.29, 1.82) is 0 Å². The maximum Gasteiger partial charge on any atom is 0.255 e. The lowest BCUT2D eigenvalue weighted by Gasteiger charge is -2.22. The number of ether oxygens (including phenoxy) is 2. The average Bonchev–Trinajstić information content (AvgIpc) is 3.03. The van der Waals surface area contributed by atoms with Gasteiger partial charge in [0.25, 0.3) is 5.91 Å². The Morgan fingerprint density at radius 2 is 2.15 bits per heavy atom. The lowest BCUT2D eigenvalue weighted by molar-refractivity contribution is -0.142. The van der Waals surface area contributed by atoms with Gasteiger partial charge in [-0.3, -0.25) is 9.36 Å². The van der Waals surface area contributed by atoms with Crippen LogP contribution in [0.4, 0.5) is 5.69 Å². The van der Waals surface area contributed by atoms with Gasteiger partial charge in [-0.1, -0.05) is 6.07 Å². The quantitative estimate of drug-likeness (QED) is 0.887. The van der Waals surface area contributed by atoms with Crippen LogP contribution in [0.5, 0.6) is 0 Å².